The van der Waals surface area contributed by atoms with E-state index in [1.165, 1.54) is 11.1 Å². The Morgan fingerprint density at radius 3 is 2.68 bits per heavy atom. The Balaban J connectivity index is 0.00000392. The first kappa shape index (κ1) is 24.4. The van der Waals surface area contributed by atoms with Crippen LogP contribution in [0.2, 0.25) is 0 Å². The number of hydrogen-bond acceptors (Lipinski definition) is 3. The van der Waals surface area contributed by atoms with Crippen LogP contribution in [-0.2, 0) is 17.8 Å². The Kier molecular flexibility index (Phi) is 11.8. The summed E-state index contributed by atoms with van der Waals surface area (Å²) in [6.45, 7) is 9.60. The maximum Gasteiger partial charge on any atom is 0.191 e. The molecule has 0 aliphatic heterocycles. The normalized spacial score (nSPS) is 12.5. The summed E-state index contributed by atoms with van der Waals surface area (Å²) in [5, 5.41) is 6.77. The first-order valence-electron chi connectivity index (χ1n) is 9.72. The molecule has 28 heavy (non-hydrogen) atoms. The number of aliphatic imine (C=N–C) groups is 1. The monoisotopic (exact) mass is 499 g/mol. The number of halogens is 1. The van der Waals surface area contributed by atoms with Gasteiger partial charge in [-0.3, -0.25) is 4.99 Å². The maximum absolute atomic E-state index is 5.80. The lowest BCUT2D eigenvalue weighted by Crippen LogP contribution is -2.38. The molecular weight excluding hydrogens is 465 g/mol. The predicted molar refractivity (Wildman–Crippen MR) is 126 cm³/mol. The van der Waals surface area contributed by atoms with E-state index in [1.54, 1.807) is 13.2 Å². The van der Waals surface area contributed by atoms with Crippen molar-refractivity contribution in [3.8, 4) is 0 Å². The quantitative estimate of drug-likeness (QED) is 0.298. The number of nitrogens with one attached hydrogen (secondary N) is 2. The topological polar surface area (TPSA) is 63.5 Å². The molecule has 1 aromatic heterocycles. The van der Waals surface area contributed by atoms with Crippen LogP contribution >= 0.6 is 24.0 Å². The zero-order valence-electron chi connectivity index (χ0n) is 17.4. The molecule has 2 rings (SSSR count). The van der Waals surface area contributed by atoms with Crippen molar-refractivity contribution in [3.63, 3.8) is 0 Å². The summed E-state index contributed by atoms with van der Waals surface area (Å²) >= 11 is 0. The van der Waals surface area contributed by atoms with E-state index in [0.717, 1.165) is 38.6 Å². The summed E-state index contributed by atoms with van der Waals surface area (Å²) in [4.78, 5) is 8.41. The van der Waals surface area contributed by atoms with Crippen molar-refractivity contribution in [1.29, 1.82) is 0 Å². The van der Waals surface area contributed by atoms with Gasteiger partial charge in [0.15, 0.2) is 5.96 Å². The van der Waals surface area contributed by atoms with Gasteiger partial charge < -0.3 is 19.9 Å². The van der Waals surface area contributed by atoms with E-state index in [4.69, 9.17) is 4.74 Å². The third-order valence-electron chi connectivity index (χ3n) is 4.44. The predicted octanol–water partition coefficient (Wildman–Crippen LogP) is 3.67. The van der Waals surface area contributed by atoms with Crippen molar-refractivity contribution in [2.45, 2.75) is 46.4 Å². The minimum absolute atomic E-state index is 0. The molecule has 1 unspecified atom stereocenters. The van der Waals surface area contributed by atoms with Crippen molar-refractivity contribution in [1.82, 2.24) is 20.2 Å². The smallest absolute Gasteiger partial charge is 0.191 e. The summed E-state index contributed by atoms with van der Waals surface area (Å²) < 4.78 is 7.86. The van der Waals surface area contributed by atoms with Gasteiger partial charge in [-0.15, -0.1) is 24.0 Å². The minimum atomic E-state index is 0. The highest BCUT2D eigenvalue weighted by Gasteiger charge is 2.12. The van der Waals surface area contributed by atoms with Crippen LogP contribution in [-0.4, -0.2) is 41.8 Å². The van der Waals surface area contributed by atoms with Gasteiger partial charge in [0, 0.05) is 45.7 Å². The molecular formula is C21H34IN5O. The molecule has 1 atom stereocenters. The lowest BCUT2D eigenvalue weighted by molar-refractivity contribution is 0.0258. The SMILES string of the molecule is CCOC(CCNC(=NC)NCc1cccc(Cn2ccnc2)c1)C(C)C.I. The lowest BCUT2D eigenvalue weighted by atomic mass is 10.0. The van der Waals surface area contributed by atoms with Crippen LogP contribution in [0, 0.1) is 5.92 Å². The van der Waals surface area contributed by atoms with E-state index in [-0.39, 0.29) is 30.1 Å². The van der Waals surface area contributed by atoms with Crippen LogP contribution in [0.3, 0.4) is 0 Å². The zero-order valence-corrected chi connectivity index (χ0v) is 19.7. The number of ether oxygens (including phenoxy) is 1. The molecule has 0 radical (unpaired) electrons. The number of nitrogens with zero attached hydrogens (tertiary/aromatic N) is 3. The molecule has 0 aliphatic rings. The zero-order chi connectivity index (χ0) is 19.5. The molecule has 6 nitrogen and oxygen atoms in total. The van der Waals surface area contributed by atoms with Crippen LogP contribution in [0.4, 0.5) is 0 Å². The number of benzene rings is 1. The molecule has 0 saturated heterocycles. The average Bonchev–Trinajstić information content (AvgIpc) is 3.16. The molecule has 156 valence electrons. The molecule has 0 spiro atoms. The second-order valence-corrected chi connectivity index (χ2v) is 6.93. The fourth-order valence-electron chi connectivity index (χ4n) is 2.99. The number of aromatic nitrogens is 2. The van der Waals surface area contributed by atoms with E-state index in [1.807, 2.05) is 19.4 Å². The Labute approximate surface area is 186 Å². The molecule has 0 bridgehead atoms. The fourth-order valence-corrected chi connectivity index (χ4v) is 2.99. The molecule has 7 heteroatoms. The Hall–Kier alpha value is -1.61. The molecule has 1 aromatic carbocycles. The van der Waals surface area contributed by atoms with E-state index >= 15 is 0 Å². The summed E-state index contributed by atoms with van der Waals surface area (Å²) in [6, 6.07) is 8.57. The van der Waals surface area contributed by atoms with Crippen molar-refractivity contribution < 1.29 is 4.74 Å². The average molecular weight is 499 g/mol. The van der Waals surface area contributed by atoms with Crippen LogP contribution in [0.25, 0.3) is 0 Å². The largest absolute Gasteiger partial charge is 0.378 e. The van der Waals surface area contributed by atoms with Crippen LogP contribution in [0.15, 0.2) is 48.0 Å². The Morgan fingerprint density at radius 2 is 2.04 bits per heavy atom. The molecule has 0 amide bonds. The number of hydrogen-bond donors (Lipinski definition) is 2. The first-order chi connectivity index (χ1) is 13.1. The Morgan fingerprint density at radius 1 is 1.25 bits per heavy atom. The lowest BCUT2D eigenvalue weighted by Gasteiger charge is -2.21. The molecule has 2 aromatic rings. The third-order valence-corrected chi connectivity index (χ3v) is 4.44. The van der Waals surface area contributed by atoms with Crippen LogP contribution in [0.1, 0.15) is 38.3 Å². The van der Waals surface area contributed by atoms with Gasteiger partial charge in [-0.1, -0.05) is 38.1 Å². The highest BCUT2D eigenvalue weighted by Crippen LogP contribution is 2.10. The minimum Gasteiger partial charge on any atom is -0.378 e. The van der Waals surface area contributed by atoms with E-state index in [2.05, 4.69) is 63.3 Å². The molecule has 2 N–H and O–H groups in total. The standard InChI is InChI=1S/C21H33N5O.HI/c1-5-27-20(17(2)3)9-10-24-21(22-4)25-14-18-7-6-8-19(13-18)15-26-12-11-23-16-26;/h6-8,11-13,16-17,20H,5,9-10,14-15H2,1-4H3,(H2,22,24,25);1H. The molecule has 0 aliphatic carbocycles. The second kappa shape index (κ2) is 13.5. The van der Waals surface area contributed by atoms with Gasteiger partial charge >= 0.3 is 0 Å². The maximum atomic E-state index is 5.80. The van der Waals surface area contributed by atoms with E-state index in [9.17, 15) is 0 Å². The summed E-state index contributed by atoms with van der Waals surface area (Å²) in [7, 11) is 1.80. The van der Waals surface area contributed by atoms with Crippen LogP contribution < -0.4 is 10.6 Å². The third kappa shape index (κ3) is 8.60. The number of guanidine groups is 1. The summed E-state index contributed by atoms with van der Waals surface area (Å²) in [5.41, 5.74) is 2.48. The van der Waals surface area contributed by atoms with Crippen molar-refractivity contribution in [3.05, 3.63) is 54.1 Å². The van der Waals surface area contributed by atoms with Crippen molar-refractivity contribution >= 4 is 29.9 Å². The van der Waals surface area contributed by atoms with Gasteiger partial charge in [-0.05, 0) is 30.4 Å². The summed E-state index contributed by atoms with van der Waals surface area (Å²) in [6.07, 6.45) is 6.86. The van der Waals surface area contributed by atoms with Gasteiger partial charge in [0.25, 0.3) is 0 Å². The fraction of sp³-hybridized carbons (Fsp3) is 0.524. The molecule has 1 heterocycles. The molecule has 0 fully saturated rings. The summed E-state index contributed by atoms with van der Waals surface area (Å²) in [5.74, 6) is 1.33. The van der Waals surface area contributed by atoms with Crippen LogP contribution in [0.5, 0.6) is 0 Å². The van der Waals surface area contributed by atoms with Gasteiger partial charge in [-0.2, -0.15) is 0 Å². The van der Waals surface area contributed by atoms with Gasteiger partial charge in [0.2, 0.25) is 0 Å². The first-order valence-corrected chi connectivity index (χ1v) is 9.72. The van der Waals surface area contributed by atoms with Gasteiger partial charge in [0.05, 0.1) is 12.4 Å². The molecule has 0 saturated carbocycles. The number of imidazole rings is 1. The Bertz CT molecular complexity index is 688. The second-order valence-electron chi connectivity index (χ2n) is 6.93. The highest BCUT2D eigenvalue weighted by molar-refractivity contribution is 14.0. The highest BCUT2D eigenvalue weighted by atomic mass is 127. The van der Waals surface area contributed by atoms with Crippen molar-refractivity contribution in [2.24, 2.45) is 10.9 Å². The number of rotatable bonds is 10. The van der Waals surface area contributed by atoms with Gasteiger partial charge in [-0.25, -0.2) is 4.98 Å². The van der Waals surface area contributed by atoms with E-state index < -0.39 is 0 Å². The van der Waals surface area contributed by atoms with Gasteiger partial charge in [0.1, 0.15) is 0 Å². The van der Waals surface area contributed by atoms with E-state index in [0.29, 0.717) is 5.92 Å². The van der Waals surface area contributed by atoms with Crippen molar-refractivity contribution in [2.75, 3.05) is 20.2 Å².